The highest BCUT2D eigenvalue weighted by molar-refractivity contribution is 5.90. The molecule has 0 aliphatic rings. The lowest BCUT2D eigenvalue weighted by Crippen LogP contribution is -2.21. The summed E-state index contributed by atoms with van der Waals surface area (Å²) in [5, 5.41) is 6.97. The number of hydrogen-bond acceptors (Lipinski definition) is 4. The van der Waals surface area contributed by atoms with Crippen LogP contribution in [0.5, 0.6) is 5.75 Å². The second-order valence-electron chi connectivity index (χ2n) is 6.86. The van der Waals surface area contributed by atoms with Gasteiger partial charge in [0, 0.05) is 6.42 Å². The van der Waals surface area contributed by atoms with Crippen LogP contribution in [0.25, 0.3) is 0 Å². The summed E-state index contributed by atoms with van der Waals surface area (Å²) in [5.74, 6) is 0.651. The standard InChI is InChI=1S/C24H22N4O2/c29-23(26-24-25-18-28(27-24)16-20-11-5-2-6-12-20)17-30-22-14-8-7-13-21(22)15-19-9-3-1-4-10-19/h1-14,18H,15-17H2,(H,26,27,29). The van der Waals surface area contributed by atoms with Crippen LogP contribution in [0.4, 0.5) is 5.95 Å². The highest BCUT2D eigenvalue weighted by Crippen LogP contribution is 2.21. The number of anilines is 1. The number of rotatable bonds is 8. The Morgan fingerprint density at radius 2 is 1.53 bits per heavy atom. The summed E-state index contributed by atoms with van der Waals surface area (Å²) in [7, 11) is 0. The SMILES string of the molecule is O=C(COc1ccccc1Cc1ccccc1)Nc1ncn(Cc2ccccc2)n1. The second-order valence-corrected chi connectivity index (χ2v) is 6.86. The van der Waals surface area contributed by atoms with Gasteiger partial charge in [0.05, 0.1) is 6.54 Å². The van der Waals surface area contributed by atoms with Crippen molar-refractivity contribution in [3.63, 3.8) is 0 Å². The largest absolute Gasteiger partial charge is 0.483 e. The molecule has 0 fully saturated rings. The molecular formula is C24H22N4O2. The fraction of sp³-hybridized carbons (Fsp3) is 0.125. The van der Waals surface area contributed by atoms with Crippen molar-refractivity contribution in [2.75, 3.05) is 11.9 Å². The number of nitrogens with one attached hydrogen (secondary N) is 1. The van der Waals surface area contributed by atoms with Gasteiger partial charge in [-0.25, -0.2) is 9.67 Å². The Morgan fingerprint density at radius 3 is 2.30 bits per heavy atom. The summed E-state index contributed by atoms with van der Waals surface area (Å²) in [6.45, 7) is 0.478. The van der Waals surface area contributed by atoms with Gasteiger partial charge >= 0.3 is 0 Å². The number of carbonyl (C=O) groups is 1. The molecule has 1 aromatic heterocycles. The van der Waals surface area contributed by atoms with Crippen molar-refractivity contribution in [3.05, 3.63) is 108 Å². The molecule has 0 aliphatic heterocycles. The van der Waals surface area contributed by atoms with E-state index >= 15 is 0 Å². The molecule has 0 saturated heterocycles. The van der Waals surface area contributed by atoms with Crippen LogP contribution in [-0.4, -0.2) is 27.3 Å². The number of carbonyl (C=O) groups excluding carboxylic acids is 1. The predicted octanol–water partition coefficient (Wildman–Crippen LogP) is 3.93. The van der Waals surface area contributed by atoms with E-state index in [-0.39, 0.29) is 18.5 Å². The molecular weight excluding hydrogens is 376 g/mol. The van der Waals surface area contributed by atoms with Crippen molar-refractivity contribution in [1.29, 1.82) is 0 Å². The van der Waals surface area contributed by atoms with Crippen LogP contribution in [0.3, 0.4) is 0 Å². The third-order valence-electron chi connectivity index (χ3n) is 4.54. The van der Waals surface area contributed by atoms with Gasteiger partial charge in [0.2, 0.25) is 5.95 Å². The van der Waals surface area contributed by atoms with Gasteiger partial charge in [-0.05, 0) is 22.8 Å². The lowest BCUT2D eigenvalue weighted by molar-refractivity contribution is -0.118. The van der Waals surface area contributed by atoms with Crippen LogP contribution in [0.1, 0.15) is 16.7 Å². The summed E-state index contributed by atoms with van der Waals surface area (Å²) < 4.78 is 7.45. The molecule has 3 aromatic carbocycles. The molecule has 0 bridgehead atoms. The zero-order valence-electron chi connectivity index (χ0n) is 16.4. The highest BCUT2D eigenvalue weighted by atomic mass is 16.5. The van der Waals surface area contributed by atoms with E-state index in [2.05, 4.69) is 27.5 Å². The summed E-state index contributed by atoms with van der Waals surface area (Å²) in [4.78, 5) is 16.4. The molecule has 0 aliphatic carbocycles. The average Bonchev–Trinajstić information content (AvgIpc) is 3.21. The lowest BCUT2D eigenvalue weighted by Gasteiger charge is -2.11. The smallest absolute Gasteiger partial charge is 0.264 e. The Bertz CT molecular complexity index is 1090. The van der Waals surface area contributed by atoms with Crippen molar-refractivity contribution in [3.8, 4) is 5.75 Å². The Labute approximate surface area is 175 Å². The van der Waals surface area contributed by atoms with E-state index in [1.54, 1.807) is 11.0 Å². The second kappa shape index (κ2) is 9.52. The average molecular weight is 398 g/mol. The van der Waals surface area contributed by atoms with Gasteiger partial charge in [0.15, 0.2) is 6.61 Å². The molecule has 4 aromatic rings. The van der Waals surface area contributed by atoms with Crippen LogP contribution in [0, 0.1) is 0 Å². The van der Waals surface area contributed by atoms with E-state index < -0.39 is 0 Å². The Hall–Kier alpha value is -3.93. The minimum atomic E-state index is -0.304. The van der Waals surface area contributed by atoms with Crippen molar-refractivity contribution in [2.24, 2.45) is 0 Å². The number of nitrogens with zero attached hydrogens (tertiary/aromatic N) is 3. The van der Waals surface area contributed by atoms with E-state index in [0.717, 1.165) is 17.5 Å². The molecule has 6 heteroatoms. The molecule has 1 heterocycles. The van der Waals surface area contributed by atoms with Gasteiger partial charge in [0.25, 0.3) is 5.91 Å². The van der Waals surface area contributed by atoms with Gasteiger partial charge in [-0.15, -0.1) is 5.10 Å². The first-order valence-corrected chi connectivity index (χ1v) is 9.74. The molecule has 30 heavy (non-hydrogen) atoms. The van der Waals surface area contributed by atoms with Crippen molar-refractivity contribution in [2.45, 2.75) is 13.0 Å². The van der Waals surface area contributed by atoms with Gasteiger partial charge in [0.1, 0.15) is 12.1 Å². The maximum absolute atomic E-state index is 12.3. The van der Waals surface area contributed by atoms with Crippen molar-refractivity contribution < 1.29 is 9.53 Å². The van der Waals surface area contributed by atoms with Crippen LogP contribution in [0.15, 0.2) is 91.3 Å². The number of amides is 1. The van der Waals surface area contributed by atoms with Crippen LogP contribution in [0.2, 0.25) is 0 Å². The third kappa shape index (κ3) is 5.32. The summed E-state index contributed by atoms with van der Waals surface area (Å²) in [5.41, 5.74) is 3.33. The van der Waals surface area contributed by atoms with Crippen molar-refractivity contribution in [1.82, 2.24) is 14.8 Å². The first-order chi connectivity index (χ1) is 14.8. The normalized spacial score (nSPS) is 10.5. The molecule has 0 unspecified atom stereocenters. The quantitative estimate of drug-likeness (QED) is 0.488. The third-order valence-corrected chi connectivity index (χ3v) is 4.54. The predicted molar refractivity (Wildman–Crippen MR) is 115 cm³/mol. The van der Waals surface area contributed by atoms with E-state index in [1.165, 1.54) is 5.56 Å². The number of benzene rings is 3. The monoisotopic (exact) mass is 398 g/mol. The maximum atomic E-state index is 12.3. The van der Waals surface area contributed by atoms with Crippen LogP contribution < -0.4 is 10.1 Å². The molecule has 0 spiro atoms. The maximum Gasteiger partial charge on any atom is 0.264 e. The molecule has 1 N–H and O–H groups in total. The van der Waals surface area contributed by atoms with Crippen LogP contribution in [-0.2, 0) is 17.8 Å². The fourth-order valence-electron chi connectivity index (χ4n) is 3.11. The van der Waals surface area contributed by atoms with E-state index in [9.17, 15) is 4.79 Å². The summed E-state index contributed by atoms with van der Waals surface area (Å²) in [6, 6.07) is 27.8. The summed E-state index contributed by atoms with van der Waals surface area (Å²) in [6.07, 6.45) is 2.34. The molecule has 1 amide bonds. The van der Waals surface area contributed by atoms with E-state index in [0.29, 0.717) is 12.3 Å². The van der Waals surface area contributed by atoms with E-state index in [4.69, 9.17) is 4.74 Å². The molecule has 0 saturated carbocycles. The zero-order chi connectivity index (χ0) is 20.6. The minimum absolute atomic E-state index is 0.112. The molecule has 4 rings (SSSR count). The van der Waals surface area contributed by atoms with Gasteiger partial charge in [-0.1, -0.05) is 78.9 Å². The Kier molecular flexibility index (Phi) is 6.15. The van der Waals surface area contributed by atoms with Gasteiger partial charge in [-0.2, -0.15) is 0 Å². The van der Waals surface area contributed by atoms with Gasteiger partial charge in [-0.3, -0.25) is 10.1 Å². The van der Waals surface area contributed by atoms with Crippen molar-refractivity contribution >= 4 is 11.9 Å². The zero-order valence-corrected chi connectivity index (χ0v) is 16.4. The number of aromatic nitrogens is 3. The van der Waals surface area contributed by atoms with Crippen LogP contribution >= 0.6 is 0 Å². The first kappa shape index (κ1) is 19.4. The van der Waals surface area contributed by atoms with E-state index in [1.807, 2.05) is 72.8 Å². The first-order valence-electron chi connectivity index (χ1n) is 9.74. The fourth-order valence-corrected chi connectivity index (χ4v) is 3.11. The topological polar surface area (TPSA) is 69.0 Å². The van der Waals surface area contributed by atoms with Gasteiger partial charge < -0.3 is 4.74 Å². The Morgan fingerprint density at radius 1 is 0.867 bits per heavy atom. The molecule has 0 atom stereocenters. The summed E-state index contributed by atoms with van der Waals surface area (Å²) >= 11 is 0. The highest BCUT2D eigenvalue weighted by Gasteiger charge is 2.10. The number of para-hydroxylation sites is 1. The number of ether oxygens (including phenoxy) is 1. The Balaban J connectivity index is 1.32. The molecule has 0 radical (unpaired) electrons. The number of hydrogen-bond donors (Lipinski definition) is 1. The molecule has 6 nitrogen and oxygen atoms in total. The lowest BCUT2D eigenvalue weighted by atomic mass is 10.0. The minimum Gasteiger partial charge on any atom is -0.483 e. The molecule has 150 valence electrons.